The number of aromatic nitrogens is 1. The van der Waals surface area contributed by atoms with Crippen molar-refractivity contribution < 1.29 is 18.0 Å². The fourth-order valence-corrected chi connectivity index (χ4v) is 2.60. The minimum absolute atomic E-state index is 0. The van der Waals surface area contributed by atoms with E-state index in [2.05, 4.69) is 25.9 Å². The smallest absolute Gasteiger partial charge is 0.357 e. The van der Waals surface area contributed by atoms with Gasteiger partial charge in [0.15, 0.2) is 11.7 Å². The number of carbonyl (C=O) groups excluding carboxylic acids is 1. The predicted octanol–water partition coefficient (Wildman–Crippen LogP) is 2.79. The number of carbonyl (C=O) groups is 1. The van der Waals surface area contributed by atoms with Gasteiger partial charge in [-0.15, -0.1) is 35.3 Å². The molecule has 0 unspecified atom stereocenters. The fourth-order valence-electron chi connectivity index (χ4n) is 1.79. The molecule has 26 heavy (non-hydrogen) atoms. The minimum atomic E-state index is -4.42. The highest BCUT2D eigenvalue weighted by Crippen LogP contribution is 2.29. The van der Waals surface area contributed by atoms with E-state index in [1.54, 1.807) is 0 Å². The highest BCUT2D eigenvalue weighted by Gasteiger charge is 2.33. The summed E-state index contributed by atoms with van der Waals surface area (Å²) in [7, 11) is 0. The molecule has 11 heteroatoms. The molecule has 6 nitrogen and oxygen atoms in total. The Labute approximate surface area is 172 Å². The molecule has 1 aromatic heterocycles. The summed E-state index contributed by atoms with van der Waals surface area (Å²) in [6.45, 7) is 8.43. The van der Waals surface area contributed by atoms with Gasteiger partial charge >= 0.3 is 6.18 Å². The van der Waals surface area contributed by atoms with Crippen LogP contribution in [0.2, 0.25) is 0 Å². The van der Waals surface area contributed by atoms with Gasteiger partial charge in [0.05, 0.1) is 5.01 Å². The third kappa shape index (κ3) is 10.1. The summed E-state index contributed by atoms with van der Waals surface area (Å²) in [5.74, 6) is 0.221. The summed E-state index contributed by atoms with van der Waals surface area (Å²) in [4.78, 5) is 19.5. The lowest BCUT2D eigenvalue weighted by Gasteiger charge is -2.20. The van der Waals surface area contributed by atoms with Crippen molar-refractivity contribution in [2.75, 3.05) is 19.6 Å². The lowest BCUT2D eigenvalue weighted by atomic mass is 10.1. The lowest BCUT2D eigenvalue weighted by molar-refractivity contribution is -0.140. The summed E-state index contributed by atoms with van der Waals surface area (Å²) in [6.07, 6.45) is -4.08. The van der Waals surface area contributed by atoms with Crippen LogP contribution in [0, 0.1) is 0 Å². The summed E-state index contributed by atoms with van der Waals surface area (Å²) in [5, 5.41) is 10.2. The van der Waals surface area contributed by atoms with Crippen molar-refractivity contribution in [2.24, 2.45) is 4.99 Å². The maximum Gasteiger partial charge on any atom is 0.434 e. The second-order valence-corrected chi connectivity index (χ2v) is 7.24. The van der Waals surface area contributed by atoms with Gasteiger partial charge in [0.2, 0.25) is 5.91 Å². The first-order valence-electron chi connectivity index (χ1n) is 7.86. The normalized spacial score (nSPS) is 12.3. The number of rotatable bonds is 6. The molecule has 0 radical (unpaired) electrons. The predicted molar refractivity (Wildman–Crippen MR) is 108 cm³/mol. The third-order valence-corrected chi connectivity index (χ3v) is 3.62. The highest BCUT2D eigenvalue weighted by atomic mass is 127. The Morgan fingerprint density at radius 3 is 2.42 bits per heavy atom. The van der Waals surface area contributed by atoms with Gasteiger partial charge in [-0.3, -0.25) is 4.79 Å². The Morgan fingerprint density at radius 1 is 1.27 bits per heavy atom. The van der Waals surface area contributed by atoms with Crippen LogP contribution >= 0.6 is 35.3 Å². The molecule has 0 aliphatic rings. The van der Waals surface area contributed by atoms with Crippen molar-refractivity contribution in [1.82, 2.24) is 20.9 Å². The number of amides is 1. The molecule has 0 aliphatic carbocycles. The van der Waals surface area contributed by atoms with E-state index >= 15 is 0 Å². The summed E-state index contributed by atoms with van der Waals surface area (Å²) < 4.78 is 37.5. The molecule has 0 fully saturated rings. The zero-order chi connectivity index (χ0) is 19.1. The Hall–Kier alpha value is -1.11. The Kier molecular flexibility index (Phi) is 10.4. The average Bonchev–Trinajstić information content (AvgIpc) is 2.92. The van der Waals surface area contributed by atoms with Crippen molar-refractivity contribution in [1.29, 1.82) is 0 Å². The van der Waals surface area contributed by atoms with Gasteiger partial charge in [-0.05, 0) is 27.7 Å². The van der Waals surface area contributed by atoms with Crippen LogP contribution in [0.25, 0.3) is 0 Å². The molecular formula is C15H25F3IN5OS. The summed E-state index contributed by atoms with van der Waals surface area (Å²) in [5.41, 5.74) is -1.20. The molecule has 1 amide bonds. The molecular weight excluding hydrogens is 482 g/mol. The average molecular weight is 507 g/mol. The molecule has 1 rings (SSSR count). The second kappa shape index (κ2) is 10.9. The van der Waals surface area contributed by atoms with E-state index in [-0.39, 0.29) is 42.0 Å². The van der Waals surface area contributed by atoms with E-state index in [9.17, 15) is 18.0 Å². The van der Waals surface area contributed by atoms with Crippen LogP contribution in [0.3, 0.4) is 0 Å². The van der Waals surface area contributed by atoms with E-state index < -0.39 is 11.9 Å². The number of alkyl halides is 3. The largest absolute Gasteiger partial charge is 0.434 e. The fraction of sp³-hybridized carbons (Fsp3) is 0.667. The van der Waals surface area contributed by atoms with Crippen LogP contribution < -0.4 is 16.0 Å². The van der Waals surface area contributed by atoms with Gasteiger partial charge in [-0.2, -0.15) is 13.2 Å². The topological polar surface area (TPSA) is 78.4 Å². The van der Waals surface area contributed by atoms with Crippen LogP contribution in [-0.4, -0.2) is 42.0 Å². The van der Waals surface area contributed by atoms with Crippen molar-refractivity contribution >= 4 is 47.2 Å². The van der Waals surface area contributed by atoms with Gasteiger partial charge < -0.3 is 16.0 Å². The number of guanidine groups is 1. The van der Waals surface area contributed by atoms with Crippen molar-refractivity contribution in [3.05, 3.63) is 16.1 Å². The zero-order valence-electron chi connectivity index (χ0n) is 15.2. The van der Waals surface area contributed by atoms with Crippen LogP contribution in [0.1, 0.15) is 38.4 Å². The molecule has 0 aliphatic heterocycles. The SMILES string of the molecule is CCNC(=NCC(=O)NC(C)(C)C)NCCc1nc(C(F)(F)F)cs1.I. The van der Waals surface area contributed by atoms with Gasteiger partial charge in [-0.25, -0.2) is 9.98 Å². The highest BCUT2D eigenvalue weighted by molar-refractivity contribution is 14.0. The molecule has 1 aromatic rings. The number of hydrogen-bond acceptors (Lipinski definition) is 4. The van der Waals surface area contributed by atoms with Crippen LogP contribution in [0.4, 0.5) is 13.2 Å². The molecule has 0 aromatic carbocycles. The van der Waals surface area contributed by atoms with Crippen LogP contribution in [-0.2, 0) is 17.4 Å². The quantitative estimate of drug-likeness (QED) is 0.315. The molecule has 3 N–H and O–H groups in total. The van der Waals surface area contributed by atoms with E-state index in [0.717, 1.165) is 16.7 Å². The standard InChI is InChI=1S/C15H24F3N5OS.HI/c1-5-19-13(21-8-11(24)23-14(2,3)4)20-7-6-12-22-10(9-25-12)15(16,17)18;/h9H,5-8H2,1-4H3,(H,23,24)(H2,19,20,21);1H. The number of hydrogen-bond donors (Lipinski definition) is 3. The monoisotopic (exact) mass is 507 g/mol. The van der Waals surface area contributed by atoms with Gasteiger partial charge in [0.25, 0.3) is 0 Å². The zero-order valence-corrected chi connectivity index (χ0v) is 18.3. The molecule has 0 saturated heterocycles. The lowest BCUT2D eigenvalue weighted by Crippen LogP contribution is -2.43. The van der Waals surface area contributed by atoms with Crippen molar-refractivity contribution in [3.8, 4) is 0 Å². The maximum atomic E-state index is 12.5. The minimum Gasteiger partial charge on any atom is -0.357 e. The molecule has 0 saturated carbocycles. The van der Waals surface area contributed by atoms with Crippen molar-refractivity contribution in [3.63, 3.8) is 0 Å². The molecule has 150 valence electrons. The first-order chi connectivity index (χ1) is 11.5. The summed E-state index contributed by atoms with van der Waals surface area (Å²) in [6, 6.07) is 0. The number of halogens is 4. The van der Waals surface area contributed by atoms with Gasteiger partial charge in [0.1, 0.15) is 6.54 Å². The Bertz CT molecular complexity index is 599. The van der Waals surface area contributed by atoms with E-state index in [1.807, 2.05) is 27.7 Å². The maximum absolute atomic E-state index is 12.5. The Morgan fingerprint density at radius 2 is 1.92 bits per heavy atom. The van der Waals surface area contributed by atoms with Crippen LogP contribution in [0.5, 0.6) is 0 Å². The number of nitrogens with zero attached hydrogens (tertiary/aromatic N) is 2. The number of nitrogens with one attached hydrogen (secondary N) is 3. The number of aliphatic imine (C=N–C) groups is 1. The van der Waals surface area contributed by atoms with E-state index in [1.165, 1.54) is 0 Å². The van der Waals surface area contributed by atoms with E-state index in [0.29, 0.717) is 30.5 Å². The second-order valence-electron chi connectivity index (χ2n) is 6.29. The number of thiazole rings is 1. The molecule has 0 atom stereocenters. The van der Waals surface area contributed by atoms with Crippen LogP contribution in [0.15, 0.2) is 10.4 Å². The Balaban J connectivity index is 0.00000625. The molecule has 0 spiro atoms. The molecule has 0 bridgehead atoms. The molecule has 1 heterocycles. The third-order valence-electron chi connectivity index (χ3n) is 2.71. The first-order valence-corrected chi connectivity index (χ1v) is 8.74. The van der Waals surface area contributed by atoms with Gasteiger partial charge in [0, 0.05) is 30.4 Å². The summed E-state index contributed by atoms with van der Waals surface area (Å²) >= 11 is 0.971. The van der Waals surface area contributed by atoms with Crippen molar-refractivity contribution in [2.45, 2.75) is 45.8 Å². The first kappa shape index (κ1) is 24.9. The van der Waals surface area contributed by atoms with Gasteiger partial charge in [-0.1, -0.05) is 0 Å². The van der Waals surface area contributed by atoms with E-state index in [4.69, 9.17) is 0 Å².